The number of fused-ring (bicyclic) bond motifs is 1. The number of rotatable bonds is 3. The Kier molecular flexibility index (Phi) is 4.08. The predicted molar refractivity (Wildman–Crippen MR) is 85.4 cm³/mol. The Morgan fingerprint density at radius 3 is 2.62 bits per heavy atom. The topological polar surface area (TPSA) is 40.5 Å². The van der Waals surface area contributed by atoms with Gasteiger partial charge in [-0.05, 0) is 47.4 Å². The van der Waals surface area contributed by atoms with Crippen LogP contribution in [0.4, 0.5) is 0 Å². The largest absolute Gasteiger partial charge is 0.478 e. The van der Waals surface area contributed by atoms with Crippen LogP contribution in [0.1, 0.15) is 27.0 Å². The lowest BCUT2D eigenvalue weighted by atomic mass is 9.97. The first-order valence-corrected chi connectivity index (χ1v) is 7.73. The standard InChI is InChI=1S/C17H16BrNO2/c18-16-5-1-12(2-6-16)10-19-8-7-13-9-14(17(20)21)3-4-15(13)11-19/h1-6,9H,7-8,10-11H2,(H,20,21). The number of carboxylic acid groups (broad SMARTS) is 1. The molecule has 1 heterocycles. The second-order valence-electron chi connectivity index (χ2n) is 5.38. The molecule has 0 amide bonds. The van der Waals surface area contributed by atoms with Crippen molar-refractivity contribution in [1.82, 2.24) is 4.90 Å². The van der Waals surface area contributed by atoms with E-state index in [9.17, 15) is 4.79 Å². The normalized spacial score (nSPS) is 14.7. The average Bonchev–Trinajstić information content (AvgIpc) is 2.49. The highest BCUT2D eigenvalue weighted by Gasteiger charge is 2.17. The molecule has 0 aliphatic carbocycles. The molecule has 0 saturated carbocycles. The van der Waals surface area contributed by atoms with E-state index >= 15 is 0 Å². The lowest BCUT2D eigenvalue weighted by Gasteiger charge is -2.29. The Hall–Kier alpha value is -1.65. The van der Waals surface area contributed by atoms with Gasteiger partial charge in [-0.2, -0.15) is 0 Å². The van der Waals surface area contributed by atoms with Crippen LogP contribution in [-0.2, 0) is 19.5 Å². The van der Waals surface area contributed by atoms with Gasteiger partial charge in [0.25, 0.3) is 0 Å². The Labute approximate surface area is 132 Å². The zero-order valence-electron chi connectivity index (χ0n) is 11.6. The van der Waals surface area contributed by atoms with Crippen molar-refractivity contribution in [3.8, 4) is 0 Å². The van der Waals surface area contributed by atoms with Crippen molar-refractivity contribution in [1.29, 1.82) is 0 Å². The Morgan fingerprint density at radius 1 is 1.14 bits per heavy atom. The Balaban J connectivity index is 1.72. The van der Waals surface area contributed by atoms with Crippen LogP contribution in [0.25, 0.3) is 0 Å². The van der Waals surface area contributed by atoms with E-state index in [0.29, 0.717) is 5.56 Å². The summed E-state index contributed by atoms with van der Waals surface area (Å²) in [4.78, 5) is 13.4. The van der Waals surface area contributed by atoms with E-state index in [1.165, 1.54) is 16.7 Å². The second kappa shape index (κ2) is 6.00. The maximum absolute atomic E-state index is 11.0. The molecular formula is C17H16BrNO2. The summed E-state index contributed by atoms with van der Waals surface area (Å²) in [5.41, 5.74) is 4.09. The summed E-state index contributed by atoms with van der Waals surface area (Å²) in [6.45, 7) is 2.77. The van der Waals surface area contributed by atoms with Crippen molar-refractivity contribution in [3.05, 3.63) is 69.2 Å². The van der Waals surface area contributed by atoms with Crippen molar-refractivity contribution >= 4 is 21.9 Å². The first-order chi connectivity index (χ1) is 10.1. The third kappa shape index (κ3) is 3.34. The van der Waals surface area contributed by atoms with Crippen LogP contribution in [-0.4, -0.2) is 22.5 Å². The van der Waals surface area contributed by atoms with Gasteiger partial charge in [0.2, 0.25) is 0 Å². The van der Waals surface area contributed by atoms with E-state index in [2.05, 4.69) is 45.1 Å². The summed E-state index contributed by atoms with van der Waals surface area (Å²) in [5.74, 6) is -0.852. The molecule has 0 bridgehead atoms. The van der Waals surface area contributed by atoms with Gasteiger partial charge >= 0.3 is 5.97 Å². The average molecular weight is 346 g/mol. The van der Waals surface area contributed by atoms with Crippen LogP contribution in [0.5, 0.6) is 0 Å². The molecular weight excluding hydrogens is 330 g/mol. The molecule has 0 saturated heterocycles. The molecule has 0 radical (unpaired) electrons. The summed E-state index contributed by atoms with van der Waals surface area (Å²) < 4.78 is 1.09. The molecule has 3 nitrogen and oxygen atoms in total. The number of hydrogen-bond acceptors (Lipinski definition) is 2. The summed E-state index contributed by atoms with van der Waals surface area (Å²) in [6, 6.07) is 13.9. The van der Waals surface area contributed by atoms with Crippen LogP contribution in [0.2, 0.25) is 0 Å². The number of carbonyl (C=O) groups is 1. The molecule has 0 unspecified atom stereocenters. The molecule has 0 aromatic heterocycles. The highest BCUT2D eigenvalue weighted by Crippen LogP contribution is 2.22. The zero-order valence-corrected chi connectivity index (χ0v) is 13.1. The van der Waals surface area contributed by atoms with E-state index in [4.69, 9.17) is 5.11 Å². The highest BCUT2D eigenvalue weighted by molar-refractivity contribution is 9.10. The van der Waals surface area contributed by atoms with Crippen molar-refractivity contribution < 1.29 is 9.90 Å². The van der Waals surface area contributed by atoms with E-state index < -0.39 is 5.97 Å². The van der Waals surface area contributed by atoms with Crippen molar-refractivity contribution in [2.24, 2.45) is 0 Å². The SMILES string of the molecule is O=C(O)c1ccc2c(c1)CCN(Cc1ccc(Br)cc1)C2. The molecule has 0 spiro atoms. The van der Waals surface area contributed by atoms with Gasteiger partial charge < -0.3 is 5.11 Å². The molecule has 3 rings (SSSR count). The fourth-order valence-corrected chi connectivity index (χ4v) is 2.99. The van der Waals surface area contributed by atoms with Crippen LogP contribution in [0, 0.1) is 0 Å². The fraction of sp³-hybridized carbons (Fsp3) is 0.235. The fourth-order valence-electron chi connectivity index (χ4n) is 2.73. The van der Waals surface area contributed by atoms with Gasteiger partial charge in [0, 0.05) is 24.1 Å². The van der Waals surface area contributed by atoms with Gasteiger partial charge in [0.1, 0.15) is 0 Å². The first-order valence-electron chi connectivity index (χ1n) is 6.94. The third-order valence-corrected chi connectivity index (χ3v) is 4.39. The van der Waals surface area contributed by atoms with E-state index in [1.807, 2.05) is 12.1 Å². The minimum absolute atomic E-state index is 0.384. The maximum Gasteiger partial charge on any atom is 0.335 e. The van der Waals surface area contributed by atoms with Crippen molar-refractivity contribution in [3.63, 3.8) is 0 Å². The summed E-state index contributed by atoms with van der Waals surface area (Å²) in [6.07, 6.45) is 0.910. The maximum atomic E-state index is 11.0. The van der Waals surface area contributed by atoms with Crippen LogP contribution in [0.15, 0.2) is 46.9 Å². The van der Waals surface area contributed by atoms with Crippen molar-refractivity contribution in [2.45, 2.75) is 19.5 Å². The molecule has 21 heavy (non-hydrogen) atoms. The smallest absolute Gasteiger partial charge is 0.335 e. The quantitative estimate of drug-likeness (QED) is 0.921. The molecule has 108 valence electrons. The molecule has 2 aromatic carbocycles. The number of benzene rings is 2. The first kappa shape index (κ1) is 14.3. The third-order valence-electron chi connectivity index (χ3n) is 3.86. The summed E-state index contributed by atoms with van der Waals surface area (Å²) >= 11 is 3.45. The minimum Gasteiger partial charge on any atom is -0.478 e. The summed E-state index contributed by atoms with van der Waals surface area (Å²) in [5, 5.41) is 9.04. The van der Waals surface area contributed by atoms with Gasteiger partial charge in [0.15, 0.2) is 0 Å². The molecule has 1 N–H and O–H groups in total. The summed E-state index contributed by atoms with van der Waals surface area (Å²) in [7, 11) is 0. The number of aromatic carboxylic acids is 1. The van der Waals surface area contributed by atoms with Gasteiger partial charge in [0.05, 0.1) is 5.56 Å². The van der Waals surface area contributed by atoms with Gasteiger partial charge in [-0.15, -0.1) is 0 Å². The Morgan fingerprint density at radius 2 is 1.90 bits per heavy atom. The van der Waals surface area contributed by atoms with Gasteiger partial charge in [-0.3, -0.25) is 4.90 Å². The number of carboxylic acids is 1. The molecule has 1 aliphatic heterocycles. The van der Waals surface area contributed by atoms with Crippen LogP contribution >= 0.6 is 15.9 Å². The Bertz CT molecular complexity index is 667. The molecule has 0 fully saturated rings. The van der Waals surface area contributed by atoms with Crippen molar-refractivity contribution in [2.75, 3.05) is 6.54 Å². The van der Waals surface area contributed by atoms with E-state index in [0.717, 1.165) is 30.5 Å². The van der Waals surface area contributed by atoms with E-state index in [-0.39, 0.29) is 0 Å². The predicted octanol–water partition coefficient (Wildman–Crippen LogP) is 3.71. The van der Waals surface area contributed by atoms with Gasteiger partial charge in [-0.25, -0.2) is 4.79 Å². The van der Waals surface area contributed by atoms with Gasteiger partial charge in [-0.1, -0.05) is 34.1 Å². The monoisotopic (exact) mass is 345 g/mol. The van der Waals surface area contributed by atoms with E-state index in [1.54, 1.807) is 6.07 Å². The number of nitrogens with zero attached hydrogens (tertiary/aromatic N) is 1. The molecule has 1 aliphatic rings. The number of hydrogen-bond donors (Lipinski definition) is 1. The van der Waals surface area contributed by atoms with Crippen LogP contribution in [0.3, 0.4) is 0 Å². The lowest BCUT2D eigenvalue weighted by molar-refractivity contribution is 0.0696. The van der Waals surface area contributed by atoms with Crippen LogP contribution < -0.4 is 0 Å². The molecule has 0 atom stereocenters. The minimum atomic E-state index is -0.852. The number of halogens is 1. The molecule has 2 aromatic rings. The lowest BCUT2D eigenvalue weighted by Crippen LogP contribution is -2.30. The highest BCUT2D eigenvalue weighted by atomic mass is 79.9. The second-order valence-corrected chi connectivity index (χ2v) is 6.29. The zero-order chi connectivity index (χ0) is 14.8. The molecule has 4 heteroatoms.